The van der Waals surface area contributed by atoms with Crippen LogP contribution in [0.15, 0.2) is 23.7 Å². The van der Waals surface area contributed by atoms with Crippen molar-refractivity contribution < 1.29 is 9.84 Å². The highest BCUT2D eigenvalue weighted by Gasteiger charge is 2.24. The first-order chi connectivity index (χ1) is 7.09. The summed E-state index contributed by atoms with van der Waals surface area (Å²) >= 11 is 0. The van der Waals surface area contributed by atoms with Crippen molar-refractivity contribution in [3.8, 4) is 0 Å². The van der Waals surface area contributed by atoms with Gasteiger partial charge >= 0.3 is 0 Å². The molecule has 15 heavy (non-hydrogen) atoms. The van der Waals surface area contributed by atoms with Crippen LogP contribution < -0.4 is 0 Å². The van der Waals surface area contributed by atoms with Crippen LogP contribution in [0.3, 0.4) is 0 Å². The summed E-state index contributed by atoms with van der Waals surface area (Å²) in [5.41, 5.74) is -0.0403. The van der Waals surface area contributed by atoms with Crippen LogP contribution in [0.2, 0.25) is 0 Å². The van der Waals surface area contributed by atoms with Gasteiger partial charge in [-0.2, -0.15) is 0 Å². The van der Waals surface area contributed by atoms with Gasteiger partial charge in [0, 0.05) is 12.8 Å². The van der Waals surface area contributed by atoms with Gasteiger partial charge in [-0.25, -0.2) is 0 Å². The molecule has 0 saturated heterocycles. The first-order valence-electron chi connectivity index (χ1n) is 5.87. The molecule has 0 heterocycles. The third-order valence-electron chi connectivity index (χ3n) is 2.99. The van der Waals surface area contributed by atoms with Crippen LogP contribution in [0.4, 0.5) is 0 Å². The quantitative estimate of drug-likeness (QED) is 0.740. The Morgan fingerprint density at radius 2 is 2.07 bits per heavy atom. The van der Waals surface area contributed by atoms with Crippen LogP contribution in [-0.4, -0.2) is 10.7 Å². The summed E-state index contributed by atoms with van der Waals surface area (Å²) in [6.07, 6.45) is 8.39. The van der Waals surface area contributed by atoms with Crippen LogP contribution in [0, 0.1) is 0 Å². The lowest BCUT2D eigenvalue weighted by Crippen LogP contribution is -2.27. The molecule has 2 nitrogen and oxygen atoms in total. The largest absolute Gasteiger partial charge is 0.512 e. The second-order valence-electron chi connectivity index (χ2n) is 4.45. The zero-order valence-corrected chi connectivity index (χ0v) is 10.0. The lowest BCUT2D eigenvalue weighted by atomic mass is 9.96. The van der Waals surface area contributed by atoms with E-state index in [1.54, 1.807) is 6.08 Å². The van der Waals surface area contributed by atoms with Crippen LogP contribution in [-0.2, 0) is 4.74 Å². The van der Waals surface area contributed by atoms with Crippen LogP contribution in [0.5, 0.6) is 0 Å². The highest BCUT2D eigenvalue weighted by Crippen LogP contribution is 2.28. The number of aliphatic hydroxyl groups is 1. The summed E-state index contributed by atoms with van der Waals surface area (Å²) in [5.74, 6) is 1.46. The maximum absolute atomic E-state index is 9.25. The van der Waals surface area contributed by atoms with Crippen molar-refractivity contribution >= 4 is 0 Å². The number of hydrogen-bond acceptors (Lipinski definition) is 2. The van der Waals surface area contributed by atoms with Gasteiger partial charge in [0.2, 0.25) is 0 Å². The van der Waals surface area contributed by atoms with Crippen LogP contribution in [0.25, 0.3) is 0 Å². The summed E-state index contributed by atoms with van der Waals surface area (Å²) < 4.78 is 6.02. The minimum absolute atomic E-state index is 0.0403. The van der Waals surface area contributed by atoms with E-state index in [2.05, 4.69) is 20.8 Å². The topological polar surface area (TPSA) is 29.5 Å². The monoisotopic (exact) mass is 210 g/mol. The Kier molecular flexibility index (Phi) is 4.25. The average molecular weight is 210 g/mol. The van der Waals surface area contributed by atoms with E-state index >= 15 is 0 Å². The average Bonchev–Trinajstić information content (AvgIpc) is 2.22. The highest BCUT2D eigenvalue weighted by molar-refractivity contribution is 5.17. The predicted molar refractivity (Wildman–Crippen MR) is 62.7 cm³/mol. The fraction of sp³-hybridized carbons (Fsp3) is 0.692. The molecule has 0 aliphatic heterocycles. The first kappa shape index (κ1) is 12.2. The van der Waals surface area contributed by atoms with Crippen LogP contribution in [0.1, 0.15) is 52.9 Å². The van der Waals surface area contributed by atoms with E-state index in [9.17, 15) is 5.11 Å². The van der Waals surface area contributed by atoms with E-state index in [-0.39, 0.29) is 5.60 Å². The molecule has 1 atom stereocenters. The van der Waals surface area contributed by atoms with Gasteiger partial charge in [0.15, 0.2) is 0 Å². The molecule has 1 N–H and O–H groups in total. The zero-order valence-electron chi connectivity index (χ0n) is 10.0. The zero-order chi connectivity index (χ0) is 11.3. The summed E-state index contributed by atoms with van der Waals surface area (Å²) in [6, 6.07) is 0. The molecular formula is C13H22O2. The highest BCUT2D eigenvalue weighted by atomic mass is 16.5. The van der Waals surface area contributed by atoms with Gasteiger partial charge in [-0.1, -0.05) is 20.3 Å². The van der Waals surface area contributed by atoms with Crippen molar-refractivity contribution in [2.45, 2.75) is 58.5 Å². The Bertz CT molecular complexity index is 266. The molecule has 0 bridgehead atoms. The third kappa shape index (κ3) is 3.61. The molecule has 1 rings (SSSR count). The fourth-order valence-corrected chi connectivity index (χ4v) is 1.84. The van der Waals surface area contributed by atoms with E-state index in [0.29, 0.717) is 12.2 Å². The molecule has 86 valence electrons. The molecular weight excluding hydrogens is 188 g/mol. The van der Waals surface area contributed by atoms with Crippen molar-refractivity contribution in [2.75, 3.05) is 0 Å². The standard InChI is InChI=1S/C13H22O2/c1-4-10-13(3,5-2)15-12-8-6-11(14)7-9-12/h6,8,14H,4-5,7,9-10H2,1-3H3. The Morgan fingerprint density at radius 3 is 2.53 bits per heavy atom. The maximum atomic E-state index is 9.25. The van der Waals surface area contributed by atoms with E-state index in [1.165, 1.54) is 0 Å². The molecule has 0 fully saturated rings. The van der Waals surface area contributed by atoms with E-state index < -0.39 is 0 Å². The molecule has 1 aliphatic rings. The molecule has 0 aromatic rings. The normalized spacial score (nSPS) is 20.2. The lowest BCUT2D eigenvalue weighted by Gasteiger charge is -2.31. The smallest absolute Gasteiger partial charge is 0.105 e. The summed E-state index contributed by atoms with van der Waals surface area (Å²) in [7, 11) is 0. The number of ether oxygens (including phenoxy) is 1. The fourth-order valence-electron chi connectivity index (χ4n) is 1.84. The second kappa shape index (κ2) is 5.24. The van der Waals surface area contributed by atoms with Gasteiger partial charge in [0.05, 0.1) is 11.5 Å². The van der Waals surface area contributed by atoms with Crippen molar-refractivity contribution in [3.05, 3.63) is 23.7 Å². The SMILES string of the molecule is CCCC(C)(CC)OC1=CC=C(O)CC1. The van der Waals surface area contributed by atoms with Crippen molar-refractivity contribution in [3.63, 3.8) is 0 Å². The van der Waals surface area contributed by atoms with E-state index in [4.69, 9.17) is 4.74 Å². The molecule has 0 radical (unpaired) electrons. The number of allylic oxidation sites excluding steroid dienone is 4. The Balaban J connectivity index is 2.59. The van der Waals surface area contributed by atoms with Gasteiger partial charge in [-0.05, 0) is 31.9 Å². The Hall–Kier alpha value is -0.920. The first-order valence-corrected chi connectivity index (χ1v) is 5.87. The van der Waals surface area contributed by atoms with E-state index in [0.717, 1.165) is 31.4 Å². The number of rotatable bonds is 5. The predicted octanol–water partition coefficient (Wildman–Crippen LogP) is 4.09. The molecule has 2 heteroatoms. The van der Waals surface area contributed by atoms with Gasteiger partial charge in [-0.3, -0.25) is 0 Å². The van der Waals surface area contributed by atoms with Crippen LogP contribution >= 0.6 is 0 Å². The molecule has 0 aromatic carbocycles. The summed E-state index contributed by atoms with van der Waals surface area (Å²) in [5, 5.41) is 9.25. The minimum atomic E-state index is -0.0403. The molecule has 0 saturated carbocycles. The van der Waals surface area contributed by atoms with Gasteiger partial charge in [0.25, 0.3) is 0 Å². The third-order valence-corrected chi connectivity index (χ3v) is 2.99. The minimum Gasteiger partial charge on any atom is -0.512 e. The summed E-state index contributed by atoms with van der Waals surface area (Å²) in [6.45, 7) is 6.50. The van der Waals surface area contributed by atoms with Gasteiger partial charge in [-0.15, -0.1) is 0 Å². The maximum Gasteiger partial charge on any atom is 0.105 e. The molecule has 0 aromatic heterocycles. The van der Waals surface area contributed by atoms with Gasteiger partial charge < -0.3 is 9.84 Å². The molecule has 1 aliphatic carbocycles. The Morgan fingerprint density at radius 1 is 1.33 bits per heavy atom. The van der Waals surface area contributed by atoms with Gasteiger partial charge in [0.1, 0.15) is 5.60 Å². The Labute approximate surface area is 92.6 Å². The molecule has 0 amide bonds. The summed E-state index contributed by atoms with van der Waals surface area (Å²) in [4.78, 5) is 0. The number of aliphatic hydroxyl groups excluding tert-OH is 1. The second-order valence-corrected chi connectivity index (χ2v) is 4.45. The molecule has 0 spiro atoms. The number of hydrogen-bond donors (Lipinski definition) is 1. The van der Waals surface area contributed by atoms with Crippen molar-refractivity contribution in [2.24, 2.45) is 0 Å². The van der Waals surface area contributed by atoms with Crippen molar-refractivity contribution in [1.29, 1.82) is 0 Å². The lowest BCUT2D eigenvalue weighted by molar-refractivity contribution is 0.00144. The van der Waals surface area contributed by atoms with Crippen molar-refractivity contribution in [1.82, 2.24) is 0 Å². The van der Waals surface area contributed by atoms with E-state index in [1.807, 2.05) is 6.08 Å². The molecule has 1 unspecified atom stereocenters.